The third-order valence-electron chi connectivity index (χ3n) is 5.17. The fraction of sp³-hybridized carbons (Fsp3) is 0.308. The fourth-order valence-corrected chi connectivity index (χ4v) is 3.94. The van der Waals surface area contributed by atoms with Crippen LogP contribution in [0.25, 0.3) is 22.3 Å². The van der Waals surface area contributed by atoms with Crippen LogP contribution in [0.2, 0.25) is 0 Å². The van der Waals surface area contributed by atoms with Crippen LogP contribution in [-0.2, 0) is 6.42 Å². The Labute approximate surface area is 178 Å². The van der Waals surface area contributed by atoms with Crippen LogP contribution in [0.1, 0.15) is 51.0 Å². The highest BCUT2D eigenvalue weighted by Gasteiger charge is 2.07. The summed E-state index contributed by atoms with van der Waals surface area (Å²) in [5, 5.41) is 0. The number of aryl methyl sites for hydroxylation is 1. The minimum absolute atomic E-state index is 1.20. The molecule has 0 amide bonds. The van der Waals surface area contributed by atoms with E-state index in [1.165, 1.54) is 76.3 Å². The molecule has 1 heteroatoms. The van der Waals surface area contributed by atoms with Crippen molar-refractivity contribution in [1.29, 1.82) is 0 Å². The SMILES string of the molecule is CCCCCCCCc1ccc(-c2ccccc2-c2ccc(I)cc2)cc1. The highest BCUT2D eigenvalue weighted by molar-refractivity contribution is 14.1. The minimum atomic E-state index is 1.20. The standard InChI is InChI=1S/C26H29I/c1-2-3-4-5-6-7-10-21-13-15-22(16-14-21)25-11-8-9-12-26(25)23-17-19-24(27)20-18-23/h8-9,11-20H,2-7,10H2,1H3. The van der Waals surface area contributed by atoms with Crippen molar-refractivity contribution in [2.75, 3.05) is 0 Å². The van der Waals surface area contributed by atoms with Gasteiger partial charge in [0.1, 0.15) is 0 Å². The summed E-state index contributed by atoms with van der Waals surface area (Å²) in [6.45, 7) is 2.28. The van der Waals surface area contributed by atoms with E-state index >= 15 is 0 Å². The summed E-state index contributed by atoms with van der Waals surface area (Å²) >= 11 is 2.36. The van der Waals surface area contributed by atoms with E-state index in [-0.39, 0.29) is 0 Å². The van der Waals surface area contributed by atoms with Gasteiger partial charge in [-0.25, -0.2) is 0 Å². The fourth-order valence-electron chi connectivity index (χ4n) is 3.58. The molecule has 0 aliphatic rings. The van der Waals surface area contributed by atoms with Gasteiger partial charge in [0.25, 0.3) is 0 Å². The quantitative estimate of drug-likeness (QED) is 0.218. The van der Waals surface area contributed by atoms with Crippen LogP contribution < -0.4 is 0 Å². The van der Waals surface area contributed by atoms with Crippen molar-refractivity contribution in [2.24, 2.45) is 0 Å². The zero-order chi connectivity index (χ0) is 18.9. The predicted molar refractivity (Wildman–Crippen MR) is 127 cm³/mol. The van der Waals surface area contributed by atoms with Gasteiger partial charge in [0.05, 0.1) is 0 Å². The van der Waals surface area contributed by atoms with Crippen LogP contribution >= 0.6 is 22.6 Å². The van der Waals surface area contributed by atoms with Crippen molar-refractivity contribution < 1.29 is 0 Å². The molecule has 27 heavy (non-hydrogen) atoms. The smallest absolute Gasteiger partial charge is 0.0130 e. The van der Waals surface area contributed by atoms with E-state index in [1.807, 2.05) is 0 Å². The van der Waals surface area contributed by atoms with Crippen molar-refractivity contribution in [2.45, 2.75) is 51.9 Å². The van der Waals surface area contributed by atoms with Crippen molar-refractivity contribution in [1.82, 2.24) is 0 Å². The molecular formula is C26H29I. The summed E-state index contributed by atoms with van der Waals surface area (Å²) in [4.78, 5) is 0. The first-order valence-corrected chi connectivity index (χ1v) is 11.3. The zero-order valence-electron chi connectivity index (χ0n) is 16.3. The Kier molecular flexibility index (Phi) is 7.94. The van der Waals surface area contributed by atoms with Crippen molar-refractivity contribution in [3.05, 3.63) is 81.9 Å². The van der Waals surface area contributed by atoms with Crippen LogP contribution in [0, 0.1) is 3.57 Å². The molecule has 0 heterocycles. The van der Waals surface area contributed by atoms with E-state index in [2.05, 4.69) is 102 Å². The van der Waals surface area contributed by atoms with Gasteiger partial charge in [-0.2, -0.15) is 0 Å². The van der Waals surface area contributed by atoms with Gasteiger partial charge in [0.15, 0.2) is 0 Å². The van der Waals surface area contributed by atoms with E-state index in [4.69, 9.17) is 0 Å². The average Bonchev–Trinajstić information content (AvgIpc) is 2.72. The first-order chi connectivity index (χ1) is 13.3. The summed E-state index contributed by atoms with van der Waals surface area (Å²) in [7, 11) is 0. The molecule has 0 aliphatic heterocycles. The second-order valence-electron chi connectivity index (χ2n) is 7.27. The molecule has 0 nitrogen and oxygen atoms in total. The molecule has 0 atom stereocenters. The van der Waals surface area contributed by atoms with Crippen molar-refractivity contribution in [3.63, 3.8) is 0 Å². The number of rotatable bonds is 9. The maximum atomic E-state index is 2.36. The summed E-state index contributed by atoms with van der Waals surface area (Å²) in [6, 6.07) is 26.7. The van der Waals surface area contributed by atoms with Gasteiger partial charge in [-0.15, -0.1) is 0 Å². The molecule has 0 fully saturated rings. The van der Waals surface area contributed by atoms with Crippen LogP contribution in [0.15, 0.2) is 72.8 Å². The van der Waals surface area contributed by atoms with Crippen LogP contribution in [0.3, 0.4) is 0 Å². The molecule has 0 bridgehead atoms. The second-order valence-corrected chi connectivity index (χ2v) is 8.51. The topological polar surface area (TPSA) is 0 Å². The number of hydrogen-bond donors (Lipinski definition) is 0. The molecule has 3 rings (SSSR count). The Hall–Kier alpha value is -1.61. The minimum Gasteiger partial charge on any atom is -0.0654 e. The van der Waals surface area contributed by atoms with Gasteiger partial charge >= 0.3 is 0 Å². The van der Waals surface area contributed by atoms with Gasteiger partial charge in [-0.05, 0) is 75.4 Å². The first-order valence-electron chi connectivity index (χ1n) is 10.2. The van der Waals surface area contributed by atoms with Crippen molar-refractivity contribution in [3.8, 4) is 22.3 Å². The Morgan fingerprint density at radius 3 is 1.70 bits per heavy atom. The summed E-state index contributed by atoms with van der Waals surface area (Å²) in [5.41, 5.74) is 6.65. The average molecular weight is 468 g/mol. The van der Waals surface area contributed by atoms with Crippen LogP contribution in [0.5, 0.6) is 0 Å². The van der Waals surface area contributed by atoms with Gasteiger partial charge in [0, 0.05) is 3.57 Å². The molecule has 0 N–H and O–H groups in total. The lowest BCUT2D eigenvalue weighted by Gasteiger charge is -2.11. The monoisotopic (exact) mass is 468 g/mol. The third kappa shape index (κ3) is 5.93. The Balaban J connectivity index is 1.68. The lowest BCUT2D eigenvalue weighted by Crippen LogP contribution is -1.88. The van der Waals surface area contributed by atoms with Gasteiger partial charge < -0.3 is 0 Å². The van der Waals surface area contributed by atoms with E-state index < -0.39 is 0 Å². The number of unbranched alkanes of at least 4 members (excludes halogenated alkanes) is 5. The predicted octanol–water partition coefficient (Wildman–Crippen LogP) is 8.53. The lowest BCUT2D eigenvalue weighted by molar-refractivity contribution is 0.607. The molecule has 3 aromatic carbocycles. The normalized spacial score (nSPS) is 10.9. The molecule has 0 aliphatic carbocycles. The summed E-state index contributed by atoms with van der Waals surface area (Å²) in [6.07, 6.45) is 9.35. The van der Waals surface area contributed by atoms with E-state index in [0.29, 0.717) is 0 Å². The van der Waals surface area contributed by atoms with Crippen molar-refractivity contribution >= 4 is 22.6 Å². The summed E-state index contributed by atoms with van der Waals surface area (Å²) in [5.74, 6) is 0. The Morgan fingerprint density at radius 2 is 1.11 bits per heavy atom. The molecule has 0 unspecified atom stereocenters. The largest absolute Gasteiger partial charge is 0.0654 e. The number of hydrogen-bond acceptors (Lipinski definition) is 0. The first kappa shape index (κ1) is 20.1. The highest BCUT2D eigenvalue weighted by atomic mass is 127. The maximum absolute atomic E-state index is 2.36. The molecule has 140 valence electrons. The molecule has 0 saturated heterocycles. The van der Waals surface area contributed by atoms with Gasteiger partial charge in [-0.3, -0.25) is 0 Å². The van der Waals surface area contributed by atoms with Crippen LogP contribution in [-0.4, -0.2) is 0 Å². The molecule has 0 saturated carbocycles. The maximum Gasteiger partial charge on any atom is 0.0130 e. The van der Waals surface area contributed by atoms with E-state index in [0.717, 1.165) is 0 Å². The highest BCUT2D eigenvalue weighted by Crippen LogP contribution is 2.32. The number of halogens is 1. The van der Waals surface area contributed by atoms with Crippen LogP contribution in [0.4, 0.5) is 0 Å². The Morgan fingerprint density at radius 1 is 0.593 bits per heavy atom. The Bertz CT molecular complexity index is 816. The van der Waals surface area contributed by atoms with Gasteiger partial charge in [-0.1, -0.05) is 99.7 Å². The molecule has 0 aromatic heterocycles. The van der Waals surface area contributed by atoms with E-state index in [1.54, 1.807) is 0 Å². The molecule has 0 spiro atoms. The van der Waals surface area contributed by atoms with Gasteiger partial charge in [0.2, 0.25) is 0 Å². The number of benzene rings is 3. The third-order valence-corrected chi connectivity index (χ3v) is 5.89. The lowest BCUT2D eigenvalue weighted by atomic mass is 9.93. The second kappa shape index (κ2) is 10.7. The molecule has 0 radical (unpaired) electrons. The molecular weight excluding hydrogens is 439 g/mol. The zero-order valence-corrected chi connectivity index (χ0v) is 18.4. The molecule has 3 aromatic rings. The van der Waals surface area contributed by atoms with E-state index in [9.17, 15) is 0 Å². The summed E-state index contributed by atoms with van der Waals surface area (Å²) < 4.78 is 1.27.